The van der Waals surface area contributed by atoms with E-state index in [9.17, 15) is 0 Å². The average molecular weight is 287 g/mol. The van der Waals surface area contributed by atoms with Crippen LogP contribution in [0.4, 0.5) is 0 Å². The van der Waals surface area contributed by atoms with Crippen molar-refractivity contribution in [3.63, 3.8) is 0 Å². The molecule has 1 aliphatic rings. The zero-order chi connectivity index (χ0) is 13.8. The third kappa shape index (κ3) is 10.7. The number of nitrogens with one attached hydrogen (secondary N) is 2. The van der Waals surface area contributed by atoms with E-state index in [0.29, 0.717) is 0 Å². The molecule has 1 heterocycles. The van der Waals surface area contributed by atoms with E-state index in [2.05, 4.69) is 36.2 Å². The van der Waals surface area contributed by atoms with Gasteiger partial charge in [-0.25, -0.2) is 0 Å². The monoisotopic (exact) mass is 286 g/mol. The maximum absolute atomic E-state index is 3.59. The first-order valence-corrected chi connectivity index (χ1v) is 9.37. The lowest BCUT2D eigenvalue weighted by atomic mass is 10.0. The Labute approximate surface area is 124 Å². The summed E-state index contributed by atoms with van der Waals surface area (Å²) >= 11 is 2.17. The van der Waals surface area contributed by atoms with Crippen LogP contribution in [0.5, 0.6) is 0 Å². The van der Waals surface area contributed by atoms with Crippen molar-refractivity contribution in [3.05, 3.63) is 0 Å². The first-order chi connectivity index (χ1) is 9.29. The molecule has 0 saturated carbocycles. The van der Waals surface area contributed by atoms with Gasteiger partial charge in [-0.3, -0.25) is 0 Å². The van der Waals surface area contributed by atoms with Crippen molar-refractivity contribution in [2.75, 3.05) is 31.9 Å². The van der Waals surface area contributed by atoms with Gasteiger partial charge in [0.1, 0.15) is 0 Å². The summed E-state index contributed by atoms with van der Waals surface area (Å²) in [6.45, 7) is 9.50. The highest BCUT2D eigenvalue weighted by atomic mass is 32.2. The molecule has 114 valence electrons. The van der Waals surface area contributed by atoms with E-state index in [1.807, 2.05) is 0 Å². The van der Waals surface area contributed by atoms with Crippen molar-refractivity contribution in [2.45, 2.75) is 64.0 Å². The fraction of sp³-hybridized carbons (Fsp3) is 1.00. The lowest BCUT2D eigenvalue weighted by Gasteiger charge is -2.21. The summed E-state index contributed by atoms with van der Waals surface area (Å²) in [4.78, 5) is 0. The van der Waals surface area contributed by atoms with E-state index >= 15 is 0 Å². The van der Waals surface area contributed by atoms with E-state index < -0.39 is 0 Å². The Bertz CT molecular complexity index is 191. The van der Waals surface area contributed by atoms with Gasteiger partial charge >= 0.3 is 0 Å². The maximum Gasteiger partial charge on any atom is 0.00716 e. The molecule has 1 fully saturated rings. The third-order valence-electron chi connectivity index (χ3n) is 3.80. The molecule has 0 unspecified atom stereocenters. The SMILES string of the molecule is CC(C)CCCCCCNCCSC1CCNCC1. The van der Waals surface area contributed by atoms with Crippen LogP contribution in [0, 0.1) is 5.92 Å². The van der Waals surface area contributed by atoms with Gasteiger partial charge < -0.3 is 10.6 Å². The Morgan fingerprint density at radius 2 is 1.79 bits per heavy atom. The number of piperidine rings is 1. The van der Waals surface area contributed by atoms with Gasteiger partial charge in [0.2, 0.25) is 0 Å². The highest BCUT2D eigenvalue weighted by molar-refractivity contribution is 7.99. The normalized spacial score (nSPS) is 17.2. The van der Waals surface area contributed by atoms with Crippen LogP contribution in [-0.4, -0.2) is 37.2 Å². The van der Waals surface area contributed by atoms with E-state index in [0.717, 1.165) is 11.2 Å². The minimum Gasteiger partial charge on any atom is -0.317 e. The molecule has 0 bridgehead atoms. The van der Waals surface area contributed by atoms with Crippen molar-refractivity contribution in [2.24, 2.45) is 5.92 Å². The average Bonchev–Trinajstić information content (AvgIpc) is 2.42. The van der Waals surface area contributed by atoms with Crippen LogP contribution in [0.15, 0.2) is 0 Å². The zero-order valence-corrected chi connectivity index (χ0v) is 13.9. The predicted octanol–water partition coefficient (Wildman–Crippen LogP) is 3.67. The summed E-state index contributed by atoms with van der Waals surface area (Å²) < 4.78 is 0. The van der Waals surface area contributed by atoms with Crippen molar-refractivity contribution in [1.82, 2.24) is 10.6 Å². The van der Waals surface area contributed by atoms with Gasteiger partial charge in [-0.2, -0.15) is 11.8 Å². The molecule has 0 aromatic heterocycles. The molecule has 0 spiro atoms. The molecule has 2 nitrogen and oxygen atoms in total. The van der Waals surface area contributed by atoms with Gasteiger partial charge in [-0.1, -0.05) is 39.5 Å². The topological polar surface area (TPSA) is 24.1 Å². The lowest BCUT2D eigenvalue weighted by molar-refractivity contribution is 0.514. The maximum atomic E-state index is 3.59. The summed E-state index contributed by atoms with van der Waals surface area (Å²) in [6.07, 6.45) is 9.73. The van der Waals surface area contributed by atoms with Crippen molar-refractivity contribution >= 4 is 11.8 Å². The molecule has 3 heteroatoms. The molecule has 1 aliphatic heterocycles. The molecule has 0 aliphatic carbocycles. The van der Waals surface area contributed by atoms with Gasteiger partial charge in [-0.05, 0) is 44.8 Å². The van der Waals surface area contributed by atoms with Gasteiger partial charge in [0, 0.05) is 17.5 Å². The molecule has 1 saturated heterocycles. The molecule has 0 aromatic rings. The Morgan fingerprint density at radius 1 is 1.05 bits per heavy atom. The lowest BCUT2D eigenvalue weighted by Crippen LogP contribution is -2.30. The van der Waals surface area contributed by atoms with E-state index in [1.165, 1.54) is 76.9 Å². The number of unbranched alkanes of at least 4 members (excludes halogenated alkanes) is 3. The molecule has 0 atom stereocenters. The molecule has 0 amide bonds. The Morgan fingerprint density at radius 3 is 2.53 bits per heavy atom. The fourth-order valence-electron chi connectivity index (χ4n) is 2.54. The second kappa shape index (κ2) is 12.0. The number of rotatable bonds is 11. The van der Waals surface area contributed by atoms with Crippen LogP contribution >= 0.6 is 11.8 Å². The van der Waals surface area contributed by atoms with Gasteiger partial charge in [0.15, 0.2) is 0 Å². The van der Waals surface area contributed by atoms with Crippen LogP contribution in [0.2, 0.25) is 0 Å². The minimum absolute atomic E-state index is 0.880. The van der Waals surface area contributed by atoms with Crippen molar-refractivity contribution in [1.29, 1.82) is 0 Å². The van der Waals surface area contributed by atoms with Crippen molar-refractivity contribution in [3.8, 4) is 0 Å². The number of hydrogen-bond acceptors (Lipinski definition) is 3. The predicted molar refractivity (Wildman–Crippen MR) is 89.1 cm³/mol. The summed E-state index contributed by atoms with van der Waals surface area (Å²) in [5.74, 6) is 2.17. The summed E-state index contributed by atoms with van der Waals surface area (Å²) in [5.41, 5.74) is 0. The van der Waals surface area contributed by atoms with Crippen LogP contribution in [0.3, 0.4) is 0 Å². The van der Waals surface area contributed by atoms with Gasteiger partial charge in [0.25, 0.3) is 0 Å². The molecule has 1 rings (SSSR count). The quantitative estimate of drug-likeness (QED) is 0.567. The second-order valence-electron chi connectivity index (χ2n) is 6.17. The summed E-state index contributed by atoms with van der Waals surface area (Å²) in [6, 6.07) is 0. The minimum atomic E-state index is 0.880. The Balaban J connectivity index is 1.73. The largest absolute Gasteiger partial charge is 0.317 e. The Kier molecular flexibility index (Phi) is 11.0. The second-order valence-corrected chi connectivity index (χ2v) is 7.58. The smallest absolute Gasteiger partial charge is 0.00716 e. The first-order valence-electron chi connectivity index (χ1n) is 8.32. The fourth-order valence-corrected chi connectivity index (χ4v) is 3.71. The molecular formula is C16H34N2S. The van der Waals surface area contributed by atoms with Crippen LogP contribution < -0.4 is 10.6 Å². The summed E-state index contributed by atoms with van der Waals surface area (Å²) in [5, 5.41) is 7.93. The van der Waals surface area contributed by atoms with Crippen LogP contribution in [0.1, 0.15) is 58.8 Å². The molecule has 0 aromatic carbocycles. The first kappa shape index (κ1) is 17.3. The Hall–Kier alpha value is 0.270. The standard InChI is InChI=1S/C16H34N2S/c1-15(2)7-5-3-4-6-10-17-13-14-19-16-8-11-18-12-9-16/h15-18H,3-14H2,1-2H3. The highest BCUT2D eigenvalue weighted by Crippen LogP contribution is 2.19. The molecule has 19 heavy (non-hydrogen) atoms. The number of hydrogen-bond donors (Lipinski definition) is 2. The van der Waals surface area contributed by atoms with Gasteiger partial charge in [-0.15, -0.1) is 0 Å². The van der Waals surface area contributed by atoms with E-state index in [1.54, 1.807) is 0 Å². The van der Waals surface area contributed by atoms with Gasteiger partial charge in [0.05, 0.1) is 0 Å². The zero-order valence-electron chi connectivity index (χ0n) is 13.0. The highest BCUT2D eigenvalue weighted by Gasteiger charge is 2.12. The molecule has 2 N–H and O–H groups in total. The summed E-state index contributed by atoms with van der Waals surface area (Å²) in [7, 11) is 0. The molecular weight excluding hydrogens is 252 g/mol. The van der Waals surface area contributed by atoms with E-state index in [-0.39, 0.29) is 0 Å². The van der Waals surface area contributed by atoms with Crippen LogP contribution in [0.25, 0.3) is 0 Å². The van der Waals surface area contributed by atoms with Crippen LogP contribution in [-0.2, 0) is 0 Å². The van der Waals surface area contributed by atoms with Crippen molar-refractivity contribution < 1.29 is 0 Å². The molecule has 0 radical (unpaired) electrons. The van der Waals surface area contributed by atoms with E-state index in [4.69, 9.17) is 0 Å². The third-order valence-corrected chi connectivity index (χ3v) is 5.19. The number of thioether (sulfide) groups is 1.